The minimum absolute atomic E-state index is 0.317. The second kappa shape index (κ2) is 7.46. The predicted molar refractivity (Wildman–Crippen MR) is 88.0 cm³/mol. The number of anilines is 2. The lowest BCUT2D eigenvalue weighted by molar-refractivity contribution is -0.274. The van der Waals surface area contributed by atoms with E-state index in [0.29, 0.717) is 37.8 Å². The number of aromatic nitrogens is 2. The average Bonchev–Trinajstić information content (AvgIpc) is 2.63. The van der Waals surface area contributed by atoms with Gasteiger partial charge in [-0.25, -0.2) is 14.8 Å². The molecule has 0 unspecified atom stereocenters. The van der Waals surface area contributed by atoms with E-state index in [2.05, 4.69) is 20.0 Å². The largest absolute Gasteiger partial charge is 0.573 e. The zero-order valence-corrected chi connectivity index (χ0v) is 13.6. The molecule has 26 heavy (non-hydrogen) atoms. The lowest BCUT2D eigenvalue weighted by Crippen LogP contribution is -2.50. The molecule has 2 aromatic rings. The predicted octanol–water partition coefficient (Wildman–Crippen LogP) is 2.73. The second-order valence-electron chi connectivity index (χ2n) is 5.53. The van der Waals surface area contributed by atoms with Crippen molar-refractivity contribution < 1.29 is 22.7 Å². The highest BCUT2D eigenvalue weighted by Gasteiger charge is 2.31. The van der Waals surface area contributed by atoms with E-state index in [-0.39, 0.29) is 11.8 Å². The van der Waals surface area contributed by atoms with Gasteiger partial charge in [0.2, 0.25) is 5.95 Å². The Labute approximate surface area is 147 Å². The van der Waals surface area contributed by atoms with Gasteiger partial charge < -0.3 is 19.9 Å². The highest BCUT2D eigenvalue weighted by molar-refractivity contribution is 5.89. The molecule has 1 saturated heterocycles. The van der Waals surface area contributed by atoms with E-state index >= 15 is 0 Å². The first-order valence-corrected chi connectivity index (χ1v) is 7.84. The van der Waals surface area contributed by atoms with Crippen molar-refractivity contribution in [3.63, 3.8) is 0 Å². The van der Waals surface area contributed by atoms with Crippen molar-refractivity contribution in [1.29, 1.82) is 0 Å². The Kier molecular flexibility index (Phi) is 5.10. The first-order valence-electron chi connectivity index (χ1n) is 7.84. The van der Waals surface area contributed by atoms with Gasteiger partial charge in [0.1, 0.15) is 5.75 Å². The van der Waals surface area contributed by atoms with Crippen LogP contribution in [-0.4, -0.2) is 53.4 Å². The van der Waals surface area contributed by atoms with Gasteiger partial charge in [-0.3, -0.25) is 0 Å². The van der Waals surface area contributed by atoms with Crippen molar-refractivity contribution in [2.75, 3.05) is 36.4 Å². The van der Waals surface area contributed by atoms with Gasteiger partial charge in [0.25, 0.3) is 0 Å². The van der Waals surface area contributed by atoms with Crippen molar-refractivity contribution >= 4 is 17.7 Å². The number of nitrogens with zero attached hydrogens (tertiary/aromatic N) is 4. The van der Waals surface area contributed by atoms with Crippen LogP contribution in [0.15, 0.2) is 42.7 Å². The third-order valence-corrected chi connectivity index (χ3v) is 3.74. The van der Waals surface area contributed by atoms with E-state index in [1.165, 1.54) is 12.1 Å². The normalized spacial score (nSPS) is 14.9. The molecule has 0 aliphatic carbocycles. The van der Waals surface area contributed by atoms with Crippen LogP contribution in [0.3, 0.4) is 0 Å². The van der Waals surface area contributed by atoms with Crippen LogP contribution >= 0.6 is 0 Å². The summed E-state index contributed by atoms with van der Waals surface area (Å²) in [7, 11) is 0. The number of urea groups is 1. The van der Waals surface area contributed by atoms with E-state index in [1.54, 1.807) is 23.4 Å². The van der Waals surface area contributed by atoms with Crippen molar-refractivity contribution in [2.45, 2.75) is 6.36 Å². The highest BCUT2D eigenvalue weighted by Crippen LogP contribution is 2.24. The van der Waals surface area contributed by atoms with Crippen LogP contribution in [0.1, 0.15) is 0 Å². The minimum atomic E-state index is -4.74. The number of carbonyl (C=O) groups excluding carboxylic acids is 1. The van der Waals surface area contributed by atoms with E-state index in [9.17, 15) is 18.0 Å². The fourth-order valence-corrected chi connectivity index (χ4v) is 2.51. The molecule has 2 heterocycles. The summed E-state index contributed by atoms with van der Waals surface area (Å²) in [5.41, 5.74) is 0.387. The quantitative estimate of drug-likeness (QED) is 0.903. The summed E-state index contributed by atoms with van der Waals surface area (Å²) < 4.78 is 40.2. The third kappa shape index (κ3) is 4.74. The van der Waals surface area contributed by atoms with Gasteiger partial charge in [0.15, 0.2) is 0 Å². The molecular formula is C16H16F3N5O2. The molecule has 0 spiro atoms. The molecule has 1 aliphatic rings. The van der Waals surface area contributed by atoms with E-state index in [4.69, 9.17) is 0 Å². The van der Waals surface area contributed by atoms with E-state index in [1.807, 2.05) is 4.90 Å². The van der Waals surface area contributed by atoms with E-state index < -0.39 is 6.36 Å². The molecule has 1 aromatic heterocycles. The number of hydrogen-bond donors (Lipinski definition) is 1. The molecule has 0 bridgehead atoms. The van der Waals surface area contributed by atoms with Crippen LogP contribution in [0.5, 0.6) is 5.75 Å². The van der Waals surface area contributed by atoms with Gasteiger partial charge >= 0.3 is 12.4 Å². The lowest BCUT2D eigenvalue weighted by atomic mass is 10.3. The van der Waals surface area contributed by atoms with Gasteiger partial charge in [0, 0.05) is 44.3 Å². The van der Waals surface area contributed by atoms with Crippen LogP contribution in [-0.2, 0) is 0 Å². The standard InChI is InChI=1S/C16H16F3N5O2/c17-16(18,19)26-13-4-2-12(3-5-13)22-15(25)24-10-8-23(9-11-24)14-20-6-1-7-21-14/h1-7H,8-11H2,(H,22,25). The zero-order valence-electron chi connectivity index (χ0n) is 13.6. The number of halogens is 3. The maximum Gasteiger partial charge on any atom is 0.573 e. The number of hydrogen-bond acceptors (Lipinski definition) is 5. The minimum Gasteiger partial charge on any atom is -0.406 e. The Bertz CT molecular complexity index is 732. The summed E-state index contributed by atoms with van der Waals surface area (Å²) in [4.78, 5) is 24.2. The average molecular weight is 367 g/mol. The molecule has 7 nitrogen and oxygen atoms in total. The molecule has 10 heteroatoms. The van der Waals surface area contributed by atoms with Gasteiger partial charge in [-0.1, -0.05) is 0 Å². The van der Waals surface area contributed by atoms with Crippen molar-refractivity contribution in [2.24, 2.45) is 0 Å². The molecule has 0 saturated carbocycles. The summed E-state index contributed by atoms with van der Waals surface area (Å²) in [5.74, 6) is 0.278. The second-order valence-corrected chi connectivity index (χ2v) is 5.53. The third-order valence-electron chi connectivity index (χ3n) is 3.74. The molecule has 1 aliphatic heterocycles. The smallest absolute Gasteiger partial charge is 0.406 e. The fraction of sp³-hybridized carbons (Fsp3) is 0.312. The summed E-state index contributed by atoms with van der Waals surface area (Å²) >= 11 is 0. The molecule has 2 amide bonds. The number of benzene rings is 1. The Balaban J connectivity index is 1.51. The Morgan fingerprint density at radius 3 is 2.23 bits per heavy atom. The molecule has 138 valence electrons. The SMILES string of the molecule is O=C(Nc1ccc(OC(F)(F)F)cc1)N1CCN(c2ncccn2)CC1. The molecule has 1 N–H and O–H groups in total. The van der Waals surface area contributed by atoms with Crippen LogP contribution < -0.4 is 15.0 Å². The Hall–Kier alpha value is -3.04. The highest BCUT2D eigenvalue weighted by atomic mass is 19.4. The van der Waals surface area contributed by atoms with Gasteiger partial charge in [0.05, 0.1) is 0 Å². The topological polar surface area (TPSA) is 70.6 Å². The number of rotatable bonds is 3. The maximum absolute atomic E-state index is 12.3. The number of nitrogens with one attached hydrogen (secondary N) is 1. The summed E-state index contributed by atoms with van der Waals surface area (Å²) in [6, 6.07) is 6.42. The molecule has 1 aromatic carbocycles. The van der Waals surface area contributed by atoms with Crippen LogP contribution in [0.25, 0.3) is 0 Å². The van der Waals surface area contributed by atoms with Gasteiger partial charge in [-0.2, -0.15) is 0 Å². The van der Waals surface area contributed by atoms with Crippen molar-refractivity contribution in [3.8, 4) is 5.75 Å². The van der Waals surface area contributed by atoms with Crippen molar-refractivity contribution in [3.05, 3.63) is 42.7 Å². The van der Waals surface area contributed by atoms with Crippen LogP contribution in [0, 0.1) is 0 Å². The first kappa shape index (κ1) is 17.8. The molecule has 3 rings (SSSR count). The Morgan fingerprint density at radius 2 is 1.65 bits per heavy atom. The maximum atomic E-state index is 12.3. The van der Waals surface area contributed by atoms with E-state index in [0.717, 1.165) is 12.1 Å². The van der Waals surface area contributed by atoms with Gasteiger partial charge in [-0.15, -0.1) is 13.2 Å². The number of piperazine rings is 1. The lowest BCUT2D eigenvalue weighted by Gasteiger charge is -2.34. The summed E-state index contributed by atoms with van der Waals surface area (Å²) in [6.45, 7) is 2.16. The molecular weight excluding hydrogens is 351 g/mol. The number of carbonyl (C=O) groups is 1. The van der Waals surface area contributed by atoms with Crippen molar-refractivity contribution in [1.82, 2.24) is 14.9 Å². The molecule has 0 radical (unpaired) electrons. The monoisotopic (exact) mass is 367 g/mol. The number of amides is 2. The fourth-order valence-electron chi connectivity index (χ4n) is 2.51. The number of ether oxygens (including phenoxy) is 1. The van der Waals surface area contributed by atoms with Gasteiger partial charge in [-0.05, 0) is 30.3 Å². The van der Waals surface area contributed by atoms with Crippen LogP contribution in [0.4, 0.5) is 29.6 Å². The summed E-state index contributed by atoms with van der Waals surface area (Å²) in [6.07, 6.45) is -1.42. The van der Waals surface area contributed by atoms with Crippen LogP contribution in [0.2, 0.25) is 0 Å². The molecule has 1 fully saturated rings. The zero-order chi connectivity index (χ0) is 18.6. The number of alkyl halides is 3. The first-order chi connectivity index (χ1) is 12.4. The Morgan fingerprint density at radius 1 is 1.04 bits per heavy atom. The summed E-state index contributed by atoms with van der Waals surface area (Å²) in [5, 5.41) is 2.66. The molecule has 0 atom stereocenters.